The lowest BCUT2D eigenvalue weighted by Crippen LogP contribution is -2.44. The summed E-state index contributed by atoms with van der Waals surface area (Å²) in [5.74, 6) is -0.391. The molecule has 7 heteroatoms. The van der Waals surface area contributed by atoms with Gasteiger partial charge in [-0.1, -0.05) is 57.7 Å². The lowest BCUT2D eigenvalue weighted by molar-refractivity contribution is -0.150. The highest BCUT2D eigenvalue weighted by Crippen LogP contribution is 2.39. The Kier molecular flexibility index (Phi) is 9.16. The van der Waals surface area contributed by atoms with Crippen LogP contribution in [0.5, 0.6) is 0 Å². The summed E-state index contributed by atoms with van der Waals surface area (Å²) >= 11 is 0. The van der Waals surface area contributed by atoms with Crippen molar-refractivity contribution < 1.29 is 23.5 Å². The molecule has 0 radical (unpaired) electrons. The Morgan fingerprint density at radius 3 is 2.26 bits per heavy atom. The first-order chi connectivity index (χ1) is 15.6. The number of carbonyl (C=O) groups excluding carboxylic acids is 2. The fraction of sp³-hybridized carbons (Fsp3) is 0.630. The van der Waals surface area contributed by atoms with E-state index in [0.717, 1.165) is 5.56 Å². The van der Waals surface area contributed by atoms with Crippen LogP contribution in [0.1, 0.15) is 66.4 Å². The van der Waals surface area contributed by atoms with Gasteiger partial charge in [0.2, 0.25) is 0 Å². The van der Waals surface area contributed by atoms with E-state index in [2.05, 4.69) is 40.4 Å². The third-order valence-electron chi connectivity index (χ3n) is 6.55. The minimum absolute atomic E-state index is 0.0510. The zero-order chi connectivity index (χ0) is 25.7. The fourth-order valence-corrected chi connectivity index (χ4v) is 5.00. The summed E-state index contributed by atoms with van der Waals surface area (Å²) in [5, 5.41) is 0.0781. The zero-order valence-corrected chi connectivity index (χ0v) is 23.3. The van der Waals surface area contributed by atoms with Gasteiger partial charge in [0.05, 0.1) is 6.10 Å². The van der Waals surface area contributed by atoms with Crippen molar-refractivity contribution in [2.75, 3.05) is 6.54 Å². The van der Waals surface area contributed by atoms with Gasteiger partial charge in [-0.15, -0.1) is 0 Å². The van der Waals surface area contributed by atoms with E-state index < -0.39 is 19.9 Å². The molecule has 190 valence electrons. The highest BCUT2D eigenvalue weighted by Gasteiger charge is 2.44. The quantitative estimate of drug-likeness (QED) is 0.238. The predicted octanol–water partition coefficient (Wildman–Crippen LogP) is 6.47. The first-order valence-corrected chi connectivity index (χ1v) is 15.1. The summed E-state index contributed by atoms with van der Waals surface area (Å²) < 4.78 is 17.7. The largest absolute Gasteiger partial charge is 0.457 e. The lowest BCUT2D eigenvalue weighted by Gasteiger charge is -2.38. The number of amides is 1. The maximum absolute atomic E-state index is 13.0. The summed E-state index contributed by atoms with van der Waals surface area (Å²) in [4.78, 5) is 27.2. The van der Waals surface area contributed by atoms with Crippen molar-refractivity contribution in [2.45, 2.75) is 103 Å². The number of ether oxygens (including phenoxy) is 2. The molecule has 0 saturated carbocycles. The summed E-state index contributed by atoms with van der Waals surface area (Å²) in [6.07, 6.45) is 1.38. The molecular weight excluding hydrogens is 446 g/mol. The second-order valence-electron chi connectivity index (χ2n) is 11.7. The molecule has 0 aromatic heterocycles. The summed E-state index contributed by atoms with van der Waals surface area (Å²) in [6, 6.07) is 9.56. The first-order valence-electron chi connectivity index (χ1n) is 12.2. The Morgan fingerprint density at radius 1 is 1.09 bits per heavy atom. The van der Waals surface area contributed by atoms with Crippen molar-refractivity contribution in [3.8, 4) is 0 Å². The Morgan fingerprint density at radius 2 is 1.71 bits per heavy atom. The smallest absolute Gasteiger partial charge is 0.410 e. The Hall–Kier alpha value is -2.12. The van der Waals surface area contributed by atoms with E-state index in [1.54, 1.807) is 4.90 Å². The summed E-state index contributed by atoms with van der Waals surface area (Å²) in [7, 11) is -1.99. The highest BCUT2D eigenvalue weighted by atomic mass is 28.4. The molecule has 2 rings (SSSR count). The van der Waals surface area contributed by atoms with Gasteiger partial charge in [0.25, 0.3) is 0 Å². The highest BCUT2D eigenvalue weighted by molar-refractivity contribution is 6.74. The Bertz CT molecular complexity index is 854. The van der Waals surface area contributed by atoms with Crippen molar-refractivity contribution in [3.63, 3.8) is 0 Å². The lowest BCUT2D eigenvalue weighted by atomic mass is 10.0. The van der Waals surface area contributed by atoms with Crippen LogP contribution in [0.4, 0.5) is 4.79 Å². The van der Waals surface area contributed by atoms with Gasteiger partial charge in [-0.3, -0.25) is 0 Å². The minimum atomic E-state index is -1.99. The number of hydrogen-bond donors (Lipinski definition) is 0. The normalized spacial score (nSPS) is 19.1. The van der Waals surface area contributed by atoms with E-state index in [1.807, 2.05) is 51.1 Å². The zero-order valence-electron chi connectivity index (χ0n) is 22.3. The summed E-state index contributed by atoms with van der Waals surface area (Å²) in [6.45, 7) is 21.2. The van der Waals surface area contributed by atoms with Crippen molar-refractivity contribution in [1.82, 2.24) is 4.90 Å². The average molecular weight is 490 g/mol. The summed E-state index contributed by atoms with van der Waals surface area (Å²) in [5.41, 5.74) is 0.795. The van der Waals surface area contributed by atoms with Crippen LogP contribution >= 0.6 is 0 Å². The van der Waals surface area contributed by atoms with E-state index in [0.29, 0.717) is 31.4 Å². The van der Waals surface area contributed by atoms with Crippen LogP contribution in [0.2, 0.25) is 18.1 Å². The van der Waals surface area contributed by atoms with Crippen LogP contribution < -0.4 is 0 Å². The second-order valence-corrected chi connectivity index (χ2v) is 16.5. The monoisotopic (exact) mass is 489 g/mol. The van der Waals surface area contributed by atoms with Gasteiger partial charge < -0.3 is 18.8 Å². The van der Waals surface area contributed by atoms with E-state index >= 15 is 0 Å². The maximum atomic E-state index is 13.0. The SMILES string of the molecule is C=C(CC[C@@H]1C[C@@H](O[Si](C)(C)C(C)(C)C)CN1C(=O)OCc1ccccc1)C(=O)OC(C)(C)C. The Balaban J connectivity index is 2.07. The van der Waals surface area contributed by atoms with E-state index in [4.69, 9.17) is 13.9 Å². The molecule has 0 aliphatic carbocycles. The van der Waals surface area contributed by atoms with Gasteiger partial charge >= 0.3 is 12.1 Å². The van der Waals surface area contributed by atoms with Crippen LogP contribution in [0.25, 0.3) is 0 Å². The van der Waals surface area contributed by atoms with Crippen molar-refractivity contribution in [2.24, 2.45) is 0 Å². The van der Waals surface area contributed by atoms with Crippen molar-refractivity contribution >= 4 is 20.4 Å². The number of rotatable bonds is 8. The number of benzene rings is 1. The molecule has 0 unspecified atom stereocenters. The molecule has 34 heavy (non-hydrogen) atoms. The van der Waals surface area contributed by atoms with Gasteiger partial charge in [0.1, 0.15) is 12.2 Å². The molecule has 1 heterocycles. The molecule has 1 aliphatic heterocycles. The first kappa shape index (κ1) is 28.1. The topological polar surface area (TPSA) is 65.1 Å². The van der Waals surface area contributed by atoms with E-state index in [1.165, 1.54) is 0 Å². The molecule has 2 atom stereocenters. The van der Waals surface area contributed by atoms with Gasteiger partial charge in [-0.05, 0) is 63.7 Å². The Labute approximate surface area is 206 Å². The molecule has 1 aliphatic rings. The van der Waals surface area contributed by atoms with E-state index in [9.17, 15) is 9.59 Å². The molecule has 6 nitrogen and oxygen atoms in total. The van der Waals surface area contributed by atoms with Crippen LogP contribution in [-0.2, 0) is 25.3 Å². The predicted molar refractivity (Wildman–Crippen MR) is 138 cm³/mol. The molecule has 0 spiro atoms. The number of carbonyl (C=O) groups is 2. The molecule has 1 amide bonds. The molecule has 0 N–H and O–H groups in total. The molecule has 1 saturated heterocycles. The molecule has 1 fully saturated rings. The molecule has 1 aromatic carbocycles. The van der Waals surface area contributed by atoms with Crippen LogP contribution in [-0.4, -0.2) is 49.6 Å². The fourth-order valence-electron chi connectivity index (χ4n) is 3.65. The standard InChI is InChI=1S/C27H43NO5Si/c1-20(24(29)32-26(2,3)4)15-16-22-17-23(33-34(8,9)27(5,6)7)18-28(22)25(30)31-19-21-13-11-10-12-14-21/h10-14,22-23H,1,15-19H2,2-9H3/t22-,23-/m1/s1. The number of hydrogen-bond acceptors (Lipinski definition) is 5. The minimum Gasteiger partial charge on any atom is -0.457 e. The van der Waals surface area contributed by atoms with Gasteiger partial charge in [-0.25, -0.2) is 9.59 Å². The third-order valence-corrected chi connectivity index (χ3v) is 11.1. The van der Waals surface area contributed by atoms with Crippen LogP contribution in [0, 0.1) is 0 Å². The van der Waals surface area contributed by atoms with Gasteiger partial charge in [0.15, 0.2) is 8.32 Å². The van der Waals surface area contributed by atoms with Crippen LogP contribution in [0.3, 0.4) is 0 Å². The molecule has 1 aromatic rings. The van der Waals surface area contributed by atoms with Gasteiger partial charge in [-0.2, -0.15) is 0 Å². The van der Waals surface area contributed by atoms with Crippen LogP contribution in [0.15, 0.2) is 42.5 Å². The number of likely N-dealkylation sites (tertiary alicyclic amines) is 1. The van der Waals surface area contributed by atoms with Gasteiger partial charge in [0, 0.05) is 18.2 Å². The number of nitrogens with zero attached hydrogens (tertiary/aromatic N) is 1. The third kappa shape index (κ3) is 8.27. The average Bonchev–Trinajstić information content (AvgIpc) is 3.10. The molecule has 0 bridgehead atoms. The molecular formula is C27H43NO5Si. The van der Waals surface area contributed by atoms with E-state index in [-0.39, 0.29) is 29.9 Å². The van der Waals surface area contributed by atoms with Crippen molar-refractivity contribution in [1.29, 1.82) is 0 Å². The number of esters is 1. The maximum Gasteiger partial charge on any atom is 0.410 e. The second kappa shape index (κ2) is 11.1. The van der Waals surface area contributed by atoms with Crippen molar-refractivity contribution in [3.05, 3.63) is 48.0 Å².